The van der Waals surface area contributed by atoms with Gasteiger partial charge >= 0.3 is 0 Å². The van der Waals surface area contributed by atoms with Crippen LogP contribution >= 0.6 is 15.9 Å². The second-order valence-electron chi connectivity index (χ2n) is 4.46. The largest absolute Gasteiger partial charge is 0.396 e. The Hall–Kier alpha value is -0.940. The summed E-state index contributed by atoms with van der Waals surface area (Å²) in [5, 5.41) is 11.8. The van der Waals surface area contributed by atoms with E-state index in [4.69, 9.17) is 5.11 Å². The topological polar surface area (TPSA) is 49.3 Å². The third-order valence-electron chi connectivity index (χ3n) is 2.73. The summed E-state index contributed by atoms with van der Waals surface area (Å²) in [6, 6.07) is 3.85. The summed E-state index contributed by atoms with van der Waals surface area (Å²) in [4.78, 5) is 12.0. The molecule has 1 aromatic rings. The highest BCUT2D eigenvalue weighted by molar-refractivity contribution is 9.10. The highest BCUT2D eigenvalue weighted by Gasteiger charge is 2.18. The standard InChI is InChI=1S/C13H17BrFNO2/c1-8(2)12(5-6-17)16-13(18)10-7-9(15)3-4-11(10)14/h3-4,7-8,12,17H,5-6H2,1-2H3,(H,16,18). The fourth-order valence-electron chi connectivity index (χ4n) is 1.63. The summed E-state index contributed by atoms with van der Waals surface area (Å²) in [6.07, 6.45) is 0.482. The van der Waals surface area contributed by atoms with Crippen molar-refractivity contribution in [1.29, 1.82) is 0 Å². The molecule has 0 radical (unpaired) electrons. The molecular formula is C13H17BrFNO2. The Kier molecular flexibility index (Phi) is 5.75. The van der Waals surface area contributed by atoms with Crippen molar-refractivity contribution in [3.63, 3.8) is 0 Å². The van der Waals surface area contributed by atoms with Gasteiger partial charge in [-0.2, -0.15) is 0 Å². The maximum absolute atomic E-state index is 13.1. The van der Waals surface area contributed by atoms with Crippen LogP contribution in [0.15, 0.2) is 22.7 Å². The Morgan fingerprint density at radius 1 is 1.50 bits per heavy atom. The molecule has 0 heterocycles. The van der Waals surface area contributed by atoms with Crippen LogP contribution < -0.4 is 5.32 Å². The van der Waals surface area contributed by atoms with E-state index in [1.54, 1.807) is 0 Å². The van der Waals surface area contributed by atoms with E-state index in [2.05, 4.69) is 21.2 Å². The Balaban J connectivity index is 2.83. The van der Waals surface area contributed by atoms with Crippen molar-refractivity contribution in [2.45, 2.75) is 26.3 Å². The zero-order chi connectivity index (χ0) is 13.7. The van der Waals surface area contributed by atoms with Crippen molar-refractivity contribution in [2.75, 3.05) is 6.61 Å². The van der Waals surface area contributed by atoms with E-state index in [0.717, 1.165) is 0 Å². The van der Waals surface area contributed by atoms with Crippen molar-refractivity contribution in [1.82, 2.24) is 5.32 Å². The summed E-state index contributed by atoms with van der Waals surface area (Å²) in [6.45, 7) is 3.93. The molecule has 0 aliphatic carbocycles. The van der Waals surface area contributed by atoms with E-state index < -0.39 is 5.82 Å². The van der Waals surface area contributed by atoms with Crippen LogP contribution in [-0.4, -0.2) is 23.7 Å². The van der Waals surface area contributed by atoms with Gasteiger partial charge in [0.1, 0.15) is 5.82 Å². The molecule has 1 unspecified atom stereocenters. The zero-order valence-corrected chi connectivity index (χ0v) is 12.0. The molecule has 1 aromatic carbocycles. The summed E-state index contributed by atoms with van der Waals surface area (Å²) in [5.74, 6) is -0.589. The van der Waals surface area contributed by atoms with Gasteiger partial charge in [0.05, 0.1) is 5.56 Å². The summed E-state index contributed by atoms with van der Waals surface area (Å²) in [5.41, 5.74) is 0.263. The minimum atomic E-state index is -0.452. The molecule has 0 spiro atoms. The zero-order valence-electron chi connectivity index (χ0n) is 10.4. The highest BCUT2D eigenvalue weighted by atomic mass is 79.9. The van der Waals surface area contributed by atoms with Crippen molar-refractivity contribution in [3.05, 3.63) is 34.1 Å². The molecule has 0 saturated carbocycles. The second kappa shape index (κ2) is 6.85. The van der Waals surface area contributed by atoms with Crippen LogP contribution in [0.3, 0.4) is 0 Å². The number of halogens is 2. The van der Waals surface area contributed by atoms with Gasteiger partial charge in [0.25, 0.3) is 5.91 Å². The molecule has 18 heavy (non-hydrogen) atoms. The third-order valence-corrected chi connectivity index (χ3v) is 3.43. The SMILES string of the molecule is CC(C)C(CCO)NC(=O)c1cc(F)ccc1Br. The van der Waals surface area contributed by atoms with E-state index in [1.807, 2.05) is 13.8 Å². The van der Waals surface area contributed by atoms with Gasteiger partial charge in [-0.3, -0.25) is 4.79 Å². The van der Waals surface area contributed by atoms with Crippen LogP contribution in [0.25, 0.3) is 0 Å². The number of hydrogen-bond donors (Lipinski definition) is 2. The number of rotatable bonds is 5. The lowest BCUT2D eigenvalue weighted by atomic mass is 10.0. The van der Waals surface area contributed by atoms with Crippen molar-refractivity contribution in [2.24, 2.45) is 5.92 Å². The first-order chi connectivity index (χ1) is 8.45. The number of amides is 1. The van der Waals surface area contributed by atoms with Crippen LogP contribution in [0.2, 0.25) is 0 Å². The average molecular weight is 318 g/mol. The molecule has 2 N–H and O–H groups in total. The van der Waals surface area contributed by atoms with Crippen LogP contribution in [0, 0.1) is 11.7 Å². The first kappa shape index (κ1) is 15.1. The number of aliphatic hydroxyl groups is 1. The summed E-state index contributed by atoms with van der Waals surface area (Å²) >= 11 is 3.22. The molecule has 3 nitrogen and oxygen atoms in total. The lowest BCUT2D eigenvalue weighted by molar-refractivity contribution is 0.0915. The predicted molar refractivity (Wildman–Crippen MR) is 71.9 cm³/mol. The molecule has 0 bridgehead atoms. The van der Waals surface area contributed by atoms with Crippen LogP contribution in [0.5, 0.6) is 0 Å². The van der Waals surface area contributed by atoms with Gasteiger partial charge in [-0.25, -0.2) is 4.39 Å². The number of carbonyl (C=O) groups excluding carboxylic acids is 1. The molecule has 0 fully saturated rings. The Labute approximate surface area is 115 Å². The predicted octanol–water partition coefficient (Wildman–Crippen LogP) is 2.73. The van der Waals surface area contributed by atoms with Crippen molar-refractivity contribution in [3.8, 4) is 0 Å². The van der Waals surface area contributed by atoms with Crippen LogP contribution in [-0.2, 0) is 0 Å². The molecular weight excluding hydrogens is 301 g/mol. The Morgan fingerprint density at radius 3 is 2.72 bits per heavy atom. The third kappa shape index (κ3) is 4.07. The quantitative estimate of drug-likeness (QED) is 0.877. The Bertz CT molecular complexity index is 423. The molecule has 1 atom stereocenters. The van der Waals surface area contributed by atoms with Crippen LogP contribution in [0.4, 0.5) is 4.39 Å². The molecule has 0 aromatic heterocycles. The molecule has 5 heteroatoms. The van der Waals surface area contributed by atoms with Gasteiger partial charge in [-0.05, 0) is 46.5 Å². The van der Waals surface area contributed by atoms with Crippen molar-refractivity contribution >= 4 is 21.8 Å². The maximum Gasteiger partial charge on any atom is 0.252 e. The number of carbonyl (C=O) groups is 1. The molecule has 0 saturated heterocycles. The summed E-state index contributed by atoms with van der Waals surface area (Å²) < 4.78 is 13.7. The first-order valence-corrected chi connectivity index (χ1v) is 6.61. The second-order valence-corrected chi connectivity index (χ2v) is 5.31. The number of nitrogens with one attached hydrogen (secondary N) is 1. The fraction of sp³-hybridized carbons (Fsp3) is 0.462. The summed E-state index contributed by atoms with van der Waals surface area (Å²) in [7, 11) is 0. The van der Waals surface area contributed by atoms with Gasteiger partial charge in [-0.1, -0.05) is 13.8 Å². The molecule has 0 aliphatic rings. The normalized spacial score (nSPS) is 12.6. The average Bonchev–Trinajstić information content (AvgIpc) is 2.31. The minimum Gasteiger partial charge on any atom is -0.396 e. The van der Waals surface area contributed by atoms with Crippen molar-refractivity contribution < 1.29 is 14.3 Å². The number of benzene rings is 1. The maximum atomic E-state index is 13.1. The van der Waals surface area contributed by atoms with Gasteiger partial charge in [0.15, 0.2) is 0 Å². The monoisotopic (exact) mass is 317 g/mol. The lowest BCUT2D eigenvalue weighted by Crippen LogP contribution is -2.39. The van der Waals surface area contributed by atoms with E-state index in [1.165, 1.54) is 18.2 Å². The highest BCUT2D eigenvalue weighted by Crippen LogP contribution is 2.18. The van der Waals surface area contributed by atoms with E-state index in [9.17, 15) is 9.18 Å². The van der Waals surface area contributed by atoms with Crippen LogP contribution in [0.1, 0.15) is 30.6 Å². The van der Waals surface area contributed by atoms with Gasteiger partial charge in [0, 0.05) is 17.1 Å². The van der Waals surface area contributed by atoms with E-state index >= 15 is 0 Å². The first-order valence-electron chi connectivity index (χ1n) is 5.82. The smallest absolute Gasteiger partial charge is 0.252 e. The molecule has 1 amide bonds. The fourth-order valence-corrected chi connectivity index (χ4v) is 2.06. The Morgan fingerprint density at radius 2 is 2.17 bits per heavy atom. The number of hydrogen-bond acceptors (Lipinski definition) is 2. The molecule has 1 rings (SSSR count). The molecule has 0 aliphatic heterocycles. The van der Waals surface area contributed by atoms with Gasteiger partial charge in [0.2, 0.25) is 0 Å². The van der Waals surface area contributed by atoms with Gasteiger partial charge in [-0.15, -0.1) is 0 Å². The number of aliphatic hydroxyl groups excluding tert-OH is 1. The molecule has 100 valence electrons. The van der Waals surface area contributed by atoms with E-state index in [0.29, 0.717) is 10.9 Å². The lowest BCUT2D eigenvalue weighted by Gasteiger charge is -2.21. The van der Waals surface area contributed by atoms with Gasteiger partial charge < -0.3 is 10.4 Å². The van der Waals surface area contributed by atoms with E-state index in [-0.39, 0.29) is 30.0 Å². The minimum absolute atomic E-state index is 0.00739.